The Morgan fingerprint density at radius 2 is 1.71 bits per heavy atom. The minimum absolute atomic E-state index is 0.0430. The zero-order valence-electron chi connectivity index (χ0n) is 18.1. The van der Waals surface area contributed by atoms with Gasteiger partial charge in [-0.25, -0.2) is 5.43 Å². The Hall–Kier alpha value is -2.77. The molecule has 1 aliphatic heterocycles. The largest absolute Gasteiger partial charge is 0.493 e. The molecule has 0 radical (unpaired) electrons. The van der Waals surface area contributed by atoms with E-state index in [0.29, 0.717) is 17.2 Å². The molecule has 31 heavy (non-hydrogen) atoms. The number of piperidine rings is 1. The van der Waals surface area contributed by atoms with Crippen LogP contribution in [0, 0.1) is 5.92 Å². The third-order valence-electron chi connectivity index (χ3n) is 5.35. The smallest absolute Gasteiger partial charge is 0.243 e. The van der Waals surface area contributed by atoms with Crippen molar-refractivity contribution in [3.8, 4) is 17.2 Å². The molecule has 1 heterocycles. The number of halogens is 1. The van der Waals surface area contributed by atoms with E-state index in [9.17, 15) is 4.79 Å². The molecule has 0 bridgehead atoms. The minimum Gasteiger partial charge on any atom is -0.493 e. The summed E-state index contributed by atoms with van der Waals surface area (Å²) in [6, 6.07) is 11.4. The molecule has 0 saturated carbocycles. The summed E-state index contributed by atoms with van der Waals surface area (Å²) in [5.74, 6) is 1.47. The number of benzene rings is 2. The highest BCUT2D eigenvalue weighted by atomic mass is 35.5. The molecule has 0 aliphatic carbocycles. The highest BCUT2D eigenvalue weighted by molar-refractivity contribution is 6.30. The van der Waals surface area contributed by atoms with Crippen LogP contribution >= 0.6 is 11.6 Å². The molecule has 1 saturated heterocycles. The summed E-state index contributed by atoms with van der Waals surface area (Å²) in [4.78, 5) is 14.9. The van der Waals surface area contributed by atoms with Crippen molar-refractivity contribution in [1.29, 1.82) is 0 Å². The molecule has 0 spiro atoms. The van der Waals surface area contributed by atoms with Crippen LogP contribution in [0.15, 0.2) is 41.5 Å². The molecule has 2 aromatic carbocycles. The van der Waals surface area contributed by atoms with E-state index in [1.54, 1.807) is 39.7 Å². The van der Waals surface area contributed by atoms with Crippen LogP contribution in [0.3, 0.4) is 0 Å². The van der Waals surface area contributed by atoms with Gasteiger partial charge in [0, 0.05) is 23.0 Å². The number of hydrogen-bond acceptors (Lipinski definition) is 6. The maximum absolute atomic E-state index is 12.5. The maximum Gasteiger partial charge on any atom is 0.243 e. The Kier molecular flexibility index (Phi) is 8.14. The first kappa shape index (κ1) is 22.9. The summed E-state index contributed by atoms with van der Waals surface area (Å²) in [6.45, 7) is 2.61. The van der Waals surface area contributed by atoms with E-state index in [-0.39, 0.29) is 11.8 Å². The molecule has 1 amide bonds. The van der Waals surface area contributed by atoms with Gasteiger partial charge in [0.15, 0.2) is 11.5 Å². The first-order valence-corrected chi connectivity index (χ1v) is 10.5. The number of likely N-dealkylation sites (tertiary alicyclic amines) is 1. The lowest BCUT2D eigenvalue weighted by molar-refractivity contribution is -0.126. The molecule has 0 aromatic heterocycles. The van der Waals surface area contributed by atoms with Gasteiger partial charge in [-0.2, -0.15) is 5.10 Å². The monoisotopic (exact) mass is 445 g/mol. The number of methoxy groups -OCH3 is 3. The maximum atomic E-state index is 12.5. The van der Waals surface area contributed by atoms with Gasteiger partial charge < -0.3 is 14.2 Å². The Bertz CT molecular complexity index is 885. The van der Waals surface area contributed by atoms with E-state index in [1.807, 2.05) is 24.3 Å². The van der Waals surface area contributed by atoms with Crippen LogP contribution in [0.5, 0.6) is 17.2 Å². The second-order valence-corrected chi connectivity index (χ2v) is 7.81. The fourth-order valence-electron chi connectivity index (χ4n) is 3.64. The summed E-state index contributed by atoms with van der Waals surface area (Å²) >= 11 is 5.95. The van der Waals surface area contributed by atoms with Crippen LogP contribution in [-0.4, -0.2) is 51.4 Å². The lowest BCUT2D eigenvalue weighted by Crippen LogP contribution is -2.39. The van der Waals surface area contributed by atoms with E-state index in [2.05, 4.69) is 15.4 Å². The lowest BCUT2D eigenvalue weighted by atomic mass is 9.96. The summed E-state index contributed by atoms with van der Waals surface area (Å²) in [6.07, 6.45) is 3.18. The van der Waals surface area contributed by atoms with E-state index in [1.165, 1.54) is 5.56 Å². The second kappa shape index (κ2) is 11.0. The van der Waals surface area contributed by atoms with Gasteiger partial charge >= 0.3 is 0 Å². The Morgan fingerprint density at radius 3 is 2.26 bits per heavy atom. The second-order valence-electron chi connectivity index (χ2n) is 7.37. The molecule has 1 N–H and O–H groups in total. The molecular weight excluding hydrogens is 418 g/mol. The minimum atomic E-state index is -0.0603. The predicted molar refractivity (Wildman–Crippen MR) is 121 cm³/mol. The number of carbonyl (C=O) groups is 1. The third kappa shape index (κ3) is 6.12. The van der Waals surface area contributed by atoms with E-state index in [0.717, 1.165) is 43.1 Å². The first-order valence-electron chi connectivity index (χ1n) is 10.1. The van der Waals surface area contributed by atoms with Gasteiger partial charge in [-0.05, 0) is 55.8 Å². The highest BCUT2D eigenvalue weighted by Crippen LogP contribution is 2.37. The SMILES string of the molecule is COc1cc(/C=N/NC(=O)C2CCN(Cc3ccc(Cl)cc3)CC2)cc(OC)c1OC. The summed E-state index contributed by atoms with van der Waals surface area (Å²) in [5, 5.41) is 4.86. The highest BCUT2D eigenvalue weighted by Gasteiger charge is 2.24. The van der Waals surface area contributed by atoms with Crippen LogP contribution in [0.2, 0.25) is 5.02 Å². The number of rotatable bonds is 8. The third-order valence-corrected chi connectivity index (χ3v) is 5.61. The fraction of sp³-hybridized carbons (Fsp3) is 0.391. The van der Waals surface area contributed by atoms with Gasteiger partial charge in [0.05, 0.1) is 27.5 Å². The van der Waals surface area contributed by atoms with Crippen molar-refractivity contribution in [2.24, 2.45) is 11.0 Å². The van der Waals surface area contributed by atoms with E-state index in [4.69, 9.17) is 25.8 Å². The van der Waals surface area contributed by atoms with Crippen molar-refractivity contribution < 1.29 is 19.0 Å². The summed E-state index contributed by atoms with van der Waals surface area (Å²) in [7, 11) is 4.66. The average molecular weight is 446 g/mol. The normalized spacial score (nSPS) is 15.1. The molecule has 2 aromatic rings. The van der Waals surface area contributed by atoms with Crippen molar-refractivity contribution in [2.45, 2.75) is 19.4 Å². The molecule has 7 nitrogen and oxygen atoms in total. The van der Waals surface area contributed by atoms with Gasteiger partial charge in [-0.15, -0.1) is 0 Å². The van der Waals surface area contributed by atoms with Gasteiger partial charge in [-0.1, -0.05) is 23.7 Å². The molecular formula is C23H28ClN3O4. The number of nitrogens with zero attached hydrogens (tertiary/aromatic N) is 2. The van der Waals surface area contributed by atoms with E-state index < -0.39 is 0 Å². The van der Waals surface area contributed by atoms with Crippen molar-refractivity contribution in [2.75, 3.05) is 34.4 Å². The van der Waals surface area contributed by atoms with Gasteiger partial charge in [0.25, 0.3) is 0 Å². The van der Waals surface area contributed by atoms with Crippen molar-refractivity contribution >= 4 is 23.7 Å². The molecule has 1 fully saturated rings. The number of hydrazone groups is 1. The van der Waals surface area contributed by atoms with Gasteiger partial charge in [-0.3, -0.25) is 9.69 Å². The van der Waals surface area contributed by atoms with Crippen molar-refractivity contribution in [1.82, 2.24) is 10.3 Å². The first-order chi connectivity index (χ1) is 15.0. The molecule has 8 heteroatoms. The molecule has 0 unspecified atom stereocenters. The average Bonchev–Trinajstić information content (AvgIpc) is 2.80. The quantitative estimate of drug-likeness (QED) is 0.495. The number of hydrogen-bond donors (Lipinski definition) is 1. The fourth-order valence-corrected chi connectivity index (χ4v) is 3.76. The molecule has 166 valence electrons. The Morgan fingerprint density at radius 1 is 1.10 bits per heavy atom. The van der Waals surface area contributed by atoms with Crippen LogP contribution in [0.1, 0.15) is 24.0 Å². The number of carbonyl (C=O) groups excluding carboxylic acids is 1. The molecule has 1 aliphatic rings. The summed E-state index contributed by atoms with van der Waals surface area (Å²) in [5.41, 5.74) is 4.61. The summed E-state index contributed by atoms with van der Waals surface area (Å²) < 4.78 is 16.0. The van der Waals surface area contributed by atoms with E-state index >= 15 is 0 Å². The molecule has 0 atom stereocenters. The Balaban J connectivity index is 1.51. The van der Waals surface area contributed by atoms with Crippen LogP contribution in [0.4, 0.5) is 0 Å². The van der Waals surface area contributed by atoms with Gasteiger partial charge in [0.1, 0.15) is 0 Å². The number of amides is 1. The number of ether oxygens (including phenoxy) is 3. The van der Waals surface area contributed by atoms with Gasteiger partial charge in [0.2, 0.25) is 11.7 Å². The van der Waals surface area contributed by atoms with Crippen LogP contribution in [0.25, 0.3) is 0 Å². The Labute approximate surface area is 187 Å². The zero-order chi connectivity index (χ0) is 22.2. The topological polar surface area (TPSA) is 72.4 Å². The lowest BCUT2D eigenvalue weighted by Gasteiger charge is -2.30. The molecule has 3 rings (SSSR count). The van der Waals surface area contributed by atoms with Crippen LogP contribution < -0.4 is 19.6 Å². The number of nitrogens with one attached hydrogen (secondary N) is 1. The zero-order valence-corrected chi connectivity index (χ0v) is 18.8. The predicted octanol–water partition coefficient (Wildman–Crippen LogP) is 3.73. The van der Waals surface area contributed by atoms with Crippen molar-refractivity contribution in [3.05, 3.63) is 52.5 Å². The van der Waals surface area contributed by atoms with Crippen molar-refractivity contribution in [3.63, 3.8) is 0 Å². The standard InChI is InChI=1S/C23H28ClN3O4/c1-29-20-12-17(13-21(30-2)22(20)31-3)14-25-26-23(28)18-8-10-27(11-9-18)15-16-4-6-19(24)7-5-16/h4-7,12-14,18H,8-11,15H2,1-3H3,(H,26,28)/b25-14+. The van der Waals surface area contributed by atoms with Crippen LogP contribution in [-0.2, 0) is 11.3 Å².